The summed E-state index contributed by atoms with van der Waals surface area (Å²) in [6.07, 6.45) is 6.14. The van der Waals surface area contributed by atoms with Gasteiger partial charge in [0.1, 0.15) is 0 Å². The van der Waals surface area contributed by atoms with Crippen LogP contribution in [0.15, 0.2) is 30.9 Å². The average Bonchev–Trinajstić information content (AvgIpc) is 3.00. The number of nitrogens with zero attached hydrogens (tertiary/aromatic N) is 2. The van der Waals surface area contributed by atoms with Crippen molar-refractivity contribution >= 4 is 5.91 Å². The Labute approximate surface area is 148 Å². The fourth-order valence-electron chi connectivity index (χ4n) is 4.22. The summed E-state index contributed by atoms with van der Waals surface area (Å²) >= 11 is 0. The van der Waals surface area contributed by atoms with Crippen LogP contribution in [0, 0.1) is 17.0 Å². The van der Waals surface area contributed by atoms with Gasteiger partial charge in [-0.05, 0) is 38.3 Å². The maximum atomic E-state index is 13.9. The molecule has 0 bridgehead atoms. The van der Waals surface area contributed by atoms with Crippen LogP contribution in [0.2, 0.25) is 0 Å². The molecule has 0 radical (unpaired) electrons. The summed E-state index contributed by atoms with van der Waals surface area (Å²) in [5.74, 6) is -1.33. The molecule has 2 aliphatic heterocycles. The number of rotatable bonds is 5. The first kappa shape index (κ1) is 18.1. The van der Waals surface area contributed by atoms with Crippen LogP contribution in [0.3, 0.4) is 0 Å². The molecule has 2 aliphatic rings. The smallest absolute Gasteiger partial charge is 0.222 e. The standard InChI is InChI=1S/C20H26F2N2O/c1-2-3-8-18(25)24-12-10-20(15-24)9-5-11-23(14-20)13-16-6-4-7-17(21)19(16)22/h2,4,6-7H,1,3,5,8-15H2. The molecule has 1 spiro atoms. The third-order valence-corrected chi connectivity index (χ3v) is 5.52. The van der Waals surface area contributed by atoms with E-state index in [2.05, 4.69) is 11.5 Å². The lowest BCUT2D eigenvalue weighted by Gasteiger charge is -2.40. The van der Waals surface area contributed by atoms with Gasteiger partial charge in [0.2, 0.25) is 5.91 Å². The number of allylic oxidation sites excluding steroid dienone is 1. The van der Waals surface area contributed by atoms with Crippen molar-refractivity contribution in [3.63, 3.8) is 0 Å². The van der Waals surface area contributed by atoms with E-state index in [1.807, 2.05) is 4.90 Å². The van der Waals surface area contributed by atoms with Crippen LogP contribution in [0.25, 0.3) is 0 Å². The predicted molar refractivity (Wildman–Crippen MR) is 93.9 cm³/mol. The zero-order chi connectivity index (χ0) is 17.9. The molecular formula is C20H26F2N2O. The van der Waals surface area contributed by atoms with Gasteiger partial charge in [-0.15, -0.1) is 6.58 Å². The van der Waals surface area contributed by atoms with E-state index in [0.29, 0.717) is 24.9 Å². The number of benzene rings is 1. The predicted octanol–water partition coefficient (Wildman–Crippen LogP) is 3.75. The second-order valence-corrected chi connectivity index (χ2v) is 7.42. The highest BCUT2D eigenvalue weighted by molar-refractivity contribution is 5.76. The van der Waals surface area contributed by atoms with Gasteiger partial charge >= 0.3 is 0 Å². The van der Waals surface area contributed by atoms with Gasteiger partial charge in [-0.3, -0.25) is 9.69 Å². The normalized spacial score (nSPS) is 24.0. The molecule has 3 rings (SSSR count). The van der Waals surface area contributed by atoms with Crippen molar-refractivity contribution in [2.75, 3.05) is 26.2 Å². The lowest BCUT2D eigenvalue weighted by atomic mass is 9.79. The van der Waals surface area contributed by atoms with Crippen LogP contribution in [-0.2, 0) is 11.3 Å². The van der Waals surface area contributed by atoms with E-state index >= 15 is 0 Å². The van der Waals surface area contributed by atoms with Crippen LogP contribution < -0.4 is 0 Å². The molecule has 1 amide bonds. The highest BCUT2D eigenvalue weighted by atomic mass is 19.2. The molecule has 3 nitrogen and oxygen atoms in total. The Morgan fingerprint density at radius 2 is 2.08 bits per heavy atom. The molecule has 1 unspecified atom stereocenters. The zero-order valence-electron chi connectivity index (χ0n) is 14.6. The number of hydrogen-bond donors (Lipinski definition) is 0. The summed E-state index contributed by atoms with van der Waals surface area (Å²) < 4.78 is 27.4. The van der Waals surface area contributed by atoms with Gasteiger partial charge in [0.05, 0.1) is 0 Å². The quantitative estimate of drug-likeness (QED) is 0.757. The van der Waals surface area contributed by atoms with E-state index in [-0.39, 0.29) is 11.3 Å². The Morgan fingerprint density at radius 1 is 1.24 bits per heavy atom. The molecule has 2 fully saturated rings. The zero-order valence-corrected chi connectivity index (χ0v) is 14.6. The maximum Gasteiger partial charge on any atom is 0.222 e. The van der Waals surface area contributed by atoms with E-state index in [4.69, 9.17) is 0 Å². The Morgan fingerprint density at radius 3 is 2.88 bits per heavy atom. The molecule has 1 aromatic carbocycles. The summed E-state index contributed by atoms with van der Waals surface area (Å²) in [6.45, 7) is 7.42. The number of likely N-dealkylation sites (tertiary alicyclic amines) is 2. The minimum absolute atomic E-state index is 0.103. The van der Waals surface area contributed by atoms with Crippen LogP contribution in [0.4, 0.5) is 8.78 Å². The topological polar surface area (TPSA) is 23.6 Å². The summed E-state index contributed by atoms with van der Waals surface area (Å²) in [5.41, 5.74) is 0.514. The lowest BCUT2D eigenvalue weighted by Crippen LogP contribution is -2.45. The van der Waals surface area contributed by atoms with Gasteiger partial charge in [-0.25, -0.2) is 8.78 Å². The molecular weight excluding hydrogens is 322 g/mol. The summed E-state index contributed by atoms with van der Waals surface area (Å²) in [4.78, 5) is 16.4. The summed E-state index contributed by atoms with van der Waals surface area (Å²) in [6, 6.07) is 4.36. The fourth-order valence-corrected chi connectivity index (χ4v) is 4.22. The summed E-state index contributed by atoms with van der Waals surface area (Å²) in [5, 5.41) is 0. The van der Waals surface area contributed by atoms with Gasteiger partial charge in [-0.1, -0.05) is 18.2 Å². The van der Waals surface area contributed by atoms with Gasteiger partial charge in [0.25, 0.3) is 0 Å². The third kappa shape index (κ3) is 4.09. The first-order valence-corrected chi connectivity index (χ1v) is 9.07. The van der Waals surface area contributed by atoms with E-state index in [1.165, 1.54) is 0 Å². The van der Waals surface area contributed by atoms with Crippen molar-refractivity contribution < 1.29 is 13.6 Å². The van der Waals surface area contributed by atoms with Crippen LogP contribution in [0.1, 0.15) is 37.7 Å². The van der Waals surface area contributed by atoms with Crippen molar-refractivity contribution in [1.82, 2.24) is 9.80 Å². The van der Waals surface area contributed by atoms with Crippen LogP contribution in [-0.4, -0.2) is 41.9 Å². The molecule has 0 aliphatic carbocycles. The Bertz CT molecular complexity index is 649. The van der Waals surface area contributed by atoms with Crippen molar-refractivity contribution in [2.45, 2.75) is 38.6 Å². The number of amides is 1. The van der Waals surface area contributed by atoms with E-state index in [9.17, 15) is 13.6 Å². The van der Waals surface area contributed by atoms with E-state index in [1.54, 1.807) is 18.2 Å². The first-order chi connectivity index (χ1) is 12.0. The van der Waals surface area contributed by atoms with Crippen molar-refractivity contribution in [3.8, 4) is 0 Å². The third-order valence-electron chi connectivity index (χ3n) is 5.52. The van der Waals surface area contributed by atoms with Crippen molar-refractivity contribution in [1.29, 1.82) is 0 Å². The van der Waals surface area contributed by atoms with Gasteiger partial charge in [0.15, 0.2) is 11.6 Å². The largest absolute Gasteiger partial charge is 0.342 e. The van der Waals surface area contributed by atoms with Crippen LogP contribution >= 0.6 is 0 Å². The molecule has 5 heteroatoms. The van der Waals surface area contributed by atoms with E-state index < -0.39 is 11.6 Å². The molecule has 0 saturated carbocycles. The molecule has 0 aromatic heterocycles. The lowest BCUT2D eigenvalue weighted by molar-refractivity contribution is -0.130. The Hall–Kier alpha value is -1.75. The number of carbonyl (C=O) groups excluding carboxylic acids is 1. The number of halogens is 2. The minimum atomic E-state index is -0.788. The molecule has 2 heterocycles. The van der Waals surface area contributed by atoms with Crippen LogP contribution in [0.5, 0.6) is 0 Å². The Kier molecular flexibility index (Phi) is 5.52. The summed E-state index contributed by atoms with van der Waals surface area (Å²) in [7, 11) is 0. The molecule has 25 heavy (non-hydrogen) atoms. The second-order valence-electron chi connectivity index (χ2n) is 7.42. The number of carbonyl (C=O) groups is 1. The highest BCUT2D eigenvalue weighted by Crippen LogP contribution is 2.39. The monoisotopic (exact) mass is 348 g/mol. The van der Waals surface area contributed by atoms with Gasteiger partial charge in [-0.2, -0.15) is 0 Å². The van der Waals surface area contributed by atoms with Crippen molar-refractivity contribution in [3.05, 3.63) is 48.1 Å². The van der Waals surface area contributed by atoms with Crippen molar-refractivity contribution in [2.24, 2.45) is 5.41 Å². The fraction of sp³-hybridized carbons (Fsp3) is 0.550. The van der Waals surface area contributed by atoms with Gasteiger partial charge < -0.3 is 4.90 Å². The molecule has 136 valence electrons. The molecule has 2 saturated heterocycles. The number of piperidine rings is 1. The molecule has 0 N–H and O–H groups in total. The SMILES string of the molecule is C=CCCC(=O)N1CCC2(CCCN(Cc3cccc(F)c3F)C2)C1. The molecule has 1 aromatic rings. The minimum Gasteiger partial charge on any atom is -0.342 e. The maximum absolute atomic E-state index is 13.9. The molecule has 1 atom stereocenters. The van der Waals surface area contributed by atoms with E-state index in [0.717, 1.165) is 51.5 Å². The average molecular weight is 348 g/mol. The second kappa shape index (κ2) is 7.65. The first-order valence-electron chi connectivity index (χ1n) is 9.07. The van der Waals surface area contributed by atoms with Gasteiger partial charge in [0, 0.05) is 43.6 Å². The number of hydrogen-bond acceptors (Lipinski definition) is 2. The highest BCUT2D eigenvalue weighted by Gasteiger charge is 2.42. The Balaban J connectivity index is 1.62.